The van der Waals surface area contributed by atoms with Crippen LogP contribution in [0.1, 0.15) is 72.6 Å². The number of allylic oxidation sites excluding steroid dienone is 1. The number of rotatable bonds is 4. The summed E-state index contributed by atoms with van der Waals surface area (Å²) in [7, 11) is 0. The predicted octanol–water partition coefficient (Wildman–Crippen LogP) is 3.65. The average molecular weight is 483 g/mol. The third-order valence-electron chi connectivity index (χ3n) is 9.35. The van der Waals surface area contributed by atoms with E-state index in [1.54, 1.807) is 13.8 Å². The number of hydrogen-bond donors (Lipinski definition) is 1. The van der Waals surface area contributed by atoms with Crippen LogP contribution in [0.2, 0.25) is 0 Å². The summed E-state index contributed by atoms with van der Waals surface area (Å²) >= 11 is 6.84. The first-order valence-corrected chi connectivity index (χ1v) is 12.1. The minimum Gasteiger partial charge on any atom is -0.454 e. The fourth-order valence-electron chi connectivity index (χ4n) is 7.67. The van der Waals surface area contributed by atoms with Gasteiger partial charge in [-0.2, -0.15) is 0 Å². The zero-order valence-corrected chi connectivity index (χ0v) is 20.3. The molecule has 8 heteroatoms. The third-order valence-corrected chi connectivity index (χ3v) is 9.82. The quantitative estimate of drug-likeness (QED) is 0.373. The fourth-order valence-corrected chi connectivity index (χ4v) is 8.39. The topological polar surface area (TPSA) is 97.7 Å². The van der Waals surface area contributed by atoms with Crippen LogP contribution in [0.25, 0.3) is 0 Å². The van der Waals surface area contributed by atoms with Gasteiger partial charge in [0.1, 0.15) is 17.1 Å². The number of carbonyl (C=O) groups excluding carboxylic acids is 4. The Morgan fingerprint density at radius 2 is 1.85 bits per heavy atom. The zero-order valence-electron chi connectivity index (χ0n) is 19.6. The molecule has 4 rings (SSSR count). The first-order valence-electron chi connectivity index (χ1n) is 11.7. The molecule has 0 aromatic rings. The zero-order chi connectivity index (χ0) is 24.6. The van der Waals surface area contributed by atoms with Crippen molar-refractivity contribution < 1.29 is 33.4 Å². The maximum absolute atomic E-state index is 17.4. The summed E-state index contributed by atoms with van der Waals surface area (Å²) in [6.07, 6.45) is 1.68. The van der Waals surface area contributed by atoms with Gasteiger partial charge in [0.25, 0.3) is 0 Å². The fraction of sp³-hybridized carbons (Fsp3) is 0.760. The van der Waals surface area contributed by atoms with Gasteiger partial charge in [0.15, 0.2) is 17.7 Å². The summed E-state index contributed by atoms with van der Waals surface area (Å²) < 4.78 is 22.6. The number of hydrogen-bond acceptors (Lipinski definition) is 6. The van der Waals surface area contributed by atoms with Crippen molar-refractivity contribution in [2.75, 3.05) is 0 Å². The van der Waals surface area contributed by atoms with Gasteiger partial charge in [0.2, 0.25) is 0 Å². The maximum Gasteiger partial charge on any atom is 0.303 e. The van der Waals surface area contributed by atoms with Crippen LogP contribution in [0.4, 0.5) is 4.39 Å². The van der Waals surface area contributed by atoms with E-state index in [0.29, 0.717) is 24.8 Å². The van der Waals surface area contributed by atoms with Gasteiger partial charge in [-0.05, 0) is 56.9 Å². The van der Waals surface area contributed by atoms with Gasteiger partial charge in [0, 0.05) is 24.2 Å². The highest BCUT2D eigenvalue weighted by Crippen LogP contribution is 2.71. The van der Waals surface area contributed by atoms with Crippen molar-refractivity contribution in [3.8, 4) is 0 Å². The van der Waals surface area contributed by atoms with Crippen molar-refractivity contribution in [3.05, 3.63) is 11.6 Å². The van der Waals surface area contributed by atoms with Gasteiger partial charge >= 0.3 is 5.97 Å². The van der Waals surface area contributed by atoms with Crippen molar-refractivity contribution in [1.82, 2.24) is 0 Å². The lowest BCUT2D eigenvalue weighted by molar-refractivity contribution is -0.186. The Bertz CT molecular complexity index is 963. The van der Waals surface area contributed by atoms with Crippen LogP contribution >= 0.6 is 11.6 Å². The average Bonchev–Trinajstić information content (AvgIpc) is 2.95. The number of alkyl halides is 2. The second kappa shape index (κ2) is 7.70. The molecule has 0 heterocycles. The number of halogens is 2. The second-order valence-electron chi connectivity index (χ2n) is 11.0. The molecule has 4 aliphatic carbocycles. The molecule has 0 unspecified atom stereocenters. The summed E-state index contributed by atoms with van der Waals surface area (Å²) in [4.78, 5) is 48.7. The molecule has 0 aliphatic heterocycles. The number of esters is 1. The van der Waals surface area contributed by atoms with E-state index in [9.17, 15) is 24.3 Å². The molecule has 0 radical (unpaired) electrons. The van der Waals surface area contributed by atoms with Crippen LogP contribution in [-0.4, -0.2) is 51.2 Å². The van der Waals surface area contributed by atoms with Gasteiger partial charge in [-0.1, -0.05) is 19.4 Å². The van der Waals surface area contributed by atoms with Crippen LogP contribution in [0.15, 0.2) is 11.6 Å². The van der Waals surface area contributed by atoms with Crippen molar-refractivity contribution in [1.29, 1.82) is 0 Å². The van der Waals surface area contributed by atoms with Crippen LogP contribution in [0.5, 0.6) is 0 Å². The van der Waals surface area contributed by atoms with Crippen molar-refractivity contribution >= 4 is 34.9 Å². The molecule has 8 atom stereocenters. The van der Waals surface area contributed by atoms with Gasteiger partial charge in [-0.25, -0.2) is 4.39 Å². The predicted molar refractivity (Wildman–Crippen MR) is 118 cm³/mol. The molecular weight excluding hydrogens is 451 g/mol. The van der Waals surface area contributed by atoms with E-state index in [1.165, 1.54) is 19.9 Å². The highest BCUT2D eigenvalue weighted by molar-refractivity contribution is 6.21. The third kappa shape index (κ3) is 3.21. The molecule has 3 saturated carbocycles. The van der Waals surface area contributed by atoms with E-state index in [4.69, 9.17) is 16.3 Å². The Morgan fingerprint density at radius 1 is 1.18 bits per heavy atom. The van der Waals surface area contributed by atoms with E-state index in [1.807, 2.05) is 0 Å². The molecule has 0 spiro atoms. The molecule has 6 nitrogen and oxygen atoms in total. The Balaban J connectivity index is 1.74. The van der Waals surface area contributed by atoms with E-state index in [-0.39, 0.29) is 43.2 Å². The second-order valence-corrected chi connectivity index (χ2v) is 11.5. The summed E-state index contributed by atoms with van der Waals surface area (Å²) in [5, 5.41) is 10.5. The smallest absolute Gasteiger partial charge is 0.303 e. The van der Waals surface area contributed by atoms with Crippen molar-refractivity contribution in [3.63, 3.8) is 0 Å². The number of ketones is 3. The lowest BCUT2D eigenvalue weighted by Crippen LogP contribution is -2.69. The number of fused-ring (bicyclic) bond motifs is 5. The largest absolute Gasteiger partial charge is 0.454 e. The first-order chi connectivity index (χ1) is 15.2. The van der Waals surface area contributed by atoms with Gasteiger partial charge in [0.05, 0.1) is 11.8 Å². The lowest BCUT2D eigenvalue weighted by Gasteiger charge is -2.63. The monoisotopic (exact) mass is 482 g/mol. The number of ether oxygens (including phenoxy) is 1. The molecule has 0 bridgehead atoms. The number of Topliss-reactive ketones (excluding diaryl/α,β-unsaturated/α-hetero) is 2. The summed E-state index contributed by atoms with van der Waals surface area (Å²) in [6, 6.07) is 0. The first kappa shape index (κ1) is 24.5. The molecule has 4 aliphatic rings. The Morgan fingerprint density at radius 3 is 2.45 bits per heavy atom. The molecule has 0 aromatic carbocycles. The van der Waals surface area contributed by atoms with Gasteiger partial charge in [-0.15, -0.1) is 11.6 Å². The standard InChI is InChI=1S/C25H32ClFO6/c1-13(28)9-21(31)24(32)8-7-16-17-6-5-15-10-18(30)19(33-14(2)29)11-22(15,3)25(17,27)20(26)12-23(16,24)4/h10,16-17,19-20,32H,5-9,11-12H2,1-4H3/t16-,17-,19-,20-,22-,23-,24-,25-/m0/s1. The minimum absolute atomic E-state index is 0.0183. The van der Waals surface area contributed by atoms with Crippen molar-refractivity contribution in [2.24, 2.45) is 22.7 Å². The molecule has 0 saturated heterocycles. The molecule has 182 valence electrons. The molecule has 33 heavy (non-hydrogen) atoms. The maximum atomic E-state index is 17.4. The number of aliphatic hydroxyl groups is 1. The van der Waals surface area contributed by atoms with E-state index >= 15 is 4.39 Å². The Labute approximate surface area is 198 Å². The van der Waals surface area contributed by atoms with Crippen molar-refractivity contribution in [2.45, 2.75) is 95.4 Å². The lowest BCUT2D eigenvalue weighted by atomic mass is 9.44. The van der Waals surface area contributed by atoms with Gasteiger partial charge < -0.3 is 9.84 Å². The van der Waals surface area contributed by atoms with E-state index in [2.05, 4.69) is 0 Å². The number of carbonyl (C=O) groups is 4. The van der Waals surface area contributed by atoms with Crippen LogP contribution in [0, 0.1) is 22.7 Å². The summed E-state index contributed by atoms with van der Waals surface area (Å²) in [6.45, 7) is 6.09. The Hall–Kier alpha value is -1.60. The normalized spacial score (nSPS) is 46.5. The molecule has 1 N–H and O–H groups in total. The highest BCUT2D eigenvalue weighted by atomic mass is 35.5. The SMILES string of the molecule is CC(=O)CC(=O)[C@@]1(O)CC[C@H]2[C@@H]3CCC4=CC(=O)[C@@H](OC(C)=O)C[C@]4(C)[C@@]3(F)[C@@H](Cl)C[C@@]21C. The summed E-state index contributed by atoms with van der Waals surface area (Å²) in [5.74, 6) is -2.61. The van der Waals surface area contributed by atoms with E-state index < -0.39 is 51.3 Å². The van der Waals surface area contributed by atoms with Gasteiger partial charge in [-0.3, -0.25) is 19.2 Å². The molecular formula is C25H32ClFO6. The molecule has 0 amide bonds. The van der Waals surface area contributed by atoms with Crippen LogP contribution in [-0.2, 0) is 23.9 Å². The van der Waals surface area contributed by atoms with E-state index in [0.717, 1.165) is 0 Å². The van der Waals surface area contributed by atoms with Crippen LogP contribution in [0.3, 0.4) is 0 Å². The molecule has 3 fully saturated rings. The molecule has 0 aromatic heterocycles. The van der Waals surface area contributed by atoms with Crippen LogP contribution < -0.4 is 0 Å². The summed E-state index contributed by atoms with van der Waals surface area (Å²) in [5.41, 5.74) is -5.01. The Kier molecular flexibility index (Phi) is 5.73. The minimum atomic E-state index is -1.91. The highest BCUT2D eigenvalue weighted by Gasteiger charge is 2.74.